The van der Waals surface area contributed by atoms with Crippen molar-refractivity contribution in [3.8, 4) is 11.3 Å². The quantitative estimate of drug-likeness (QED) is 0.650. The number of aromatic amines is 1. The molecule has 0 unspecified atom stereocenters. The molecule has 0 bridgehead atoms. The molecule has 0 aliphatic rings. The molecule has 2 N–H and O–H groups in total. The number of pyridine rings is 1. The lowest BCUT2D eigenvalue weighted by atomic mass is 10.1. The maximum absolute atomic E-state index is 11.9. The minimum Gasteiger partial charge on any atom is -0.461 e. The van der Waals surface area contributed by atoms with Crippen molar-refractivity contribution in [2.45, 2.75) is 13.8 Å². The van der Waals surface area contributed by atoms with E-state index < -0.39 is 5.97 Å². The zero-order valence-electron chi connectivity index (χ0n) is 11.1. The van der Waals surface area contributed by atoms with E-state index in [-0.39, 0.29) is 5.69 Å². The Morgan fingerprint density at radius 1 is 1.55 bits per heavy atom. The summed E-state index contributed by atoms with van der Waals surface area (Å²) in [4.78, 5) is 16.3. The number of rotatable bonds is 5. The molecule has 2 aromatic heterocycles. The Kier molecular flexibility index (Phi) is 4.41. The van der Waals surface area contributed by atoms with Gasteiger partial charge in [-0.05, 0) is 26.0 Å². The van der Waals surface area contributed by atoms with Gasteiger partial charge in [-0.2, -0.15) is 5.10 Å². The Morgan fingerprint density at radius 2 is 2.35 bits per heavy atom. The van der Waals surface area contributed by atoms with Crippen LogP contribution in [0.1, 0.15) is 23.1 Å². The minimum atomic E-state index is -0.471. The van der Waals surface area contributed by atoms with E-state index in [4.69, 9.17) is 17.0 Å². The molecule has 0 radical (unpaired) electrons. The van der Waals surface area contributed by atoms with Gasteiger partial charge in [0.1, 0.15) is 5.82 Å². The number of thiocarbonyl (C=S) groups is 1. The third-order valence-corrected chi connectivity index (χ3v) is 2.75. The lowest BCUT2D eigenvalue weighted by Gasteiger charge is -2.05. The van der Waals surface area contributed by atoms with Gasteiger partial charge in [-0.25, -0.2) is 9.78 Å². The summed E-state index contributed by atoms with van der Waals surface area (Å²) in [5.74, 6) is 0.134. The minimum absolute atomic E-state index is 0.233. The molecule has 7 heteroatoms. The number of H-pyrrole nitrogens is 1. The maximum Gasteiger partial charge on any atom is 0.359 e. The molecule has 0 saturated carbocycles. The normalized spacial score (nSPS) is 10.1. The molecular formula is C13H14N4O2S. The Morgan fingerprint density at radius 3 is 3.05 bits per heavy atom. The van der Waals surface area contributed by atoms with Crippen LogP contribution in [0.15, 0.2) is 18.2 Å². The standard InChI is InChI=1S/C13H14N4O2S/c1-3-19-13(18)12-11(8(2)16-17-12)9-5-4-6-10(15-9)14-7-20/h4-7H,3H2,1-2H3,(H,16,17)(H,14,15,20). The average molecular weight is 290 g/mol. The van der Waals surface area contributed by atoms with Gasteiger partial charge in [0.15, 0.2) is 5.69 Å². The van der Waals surface area contributed by atoms with Gasteiger partial charge in [0.2, 0.25) is 0 Å². The zero-order valence-corrected chi connectivity index (χ0v) is 12.0. The molecule has 104 valence electrons. The number of nitrogens with zero attached hydrogens (tertiary/aromatic N) is 2. The average Bonchev–Trinajstić information content (AvgIpc) is 2.82. The lowest BCUT2D eigenvalue weighted by molar-refractivity contribution is 0.0520. The predicted molar refractivity (Wildman–Crippen MR) is 79.8 cm³/mol. The Balaban J connectivity index is 2.46. The number of esters is 1. The molecular weight excluding hydrogens is 276 g/mol. The molecule has 2 heterocycles. The van der Waals surface area contributed by atoms with Crippen LogP contribution >= 0.6 is 12.2 Å². The van der Waals surface area contributed by atoms with Gasteiger partial charge in [0.25, 0.3) is 0 Å². The smallest absolute Gasteiger partial charge is 0.359 e. The number of aryl methyl sites for hydroxylation is 1. The van der Waals surface area contributed by atoms with Crippen LogP contribution in [0.25, 0.3) is 11.3 Å². The Labute approximate surface area is 121 Å². The number of carbonyl (C=O) groups is 1. The highest BCUT2D eigenvalue weighted by atomic mass is 32.1. The number of aromatic nitrogens is 3. The number of hydrogen-bond donors (Lipinski definition) is 2. The fourth-order valence-electron chi connectivity index (χ4n) is 1.80. The topological polar surface area (TPSA) is 79.9 Å². The van der Waals surface area contributed by atoms with E-state index in [1.807, 2.05) is 13.0 Å². The van der Waals surface area contributed by atoms with Crippen molar-refractivity contribution >= 4 is 29.5 Å². The molecule has 0 aromatic carbocycles. The first kappa shape index (κ1) is 14.1. The molecule has 0 saturated heterocycles. The Bertz CT molecular complexity index is 639. The van der Waals surface area contributed by atoms with Crippen molar-refractivity contribution in [3.63, 3.8) is 0 Å². The van der Waals surface area contributed by atoms with Crippen LogP contribution in [0, 0.1) is 6.92 Å². The molecule has 0 amide bonds. The molecule has 0 aliphatic heterocycles. The predicted octanol–water partition coefficient (Wildman–Crippen LogP) is 2.33. The highest BCUT2D eigenvalue weighted by Gasteiger charge is 2.21. The van der Waals surface area contributed by atoms with E-state index in [2.05, 4.69) is 20.5 Å². The Hall–Kier alpha value is -2.28. The first-order valence-corrected chi connectivity index (χ1v) is 6.54. The highest BCUT2D eigenvalue weighted by molar-refractivity contribution is 7.79. The van der Waals surface area contributed by atoms with Gasteiger partial charge in [0, 0.05) is 5.69 Å². The van der Waals surface area contributed by atoms with Crippen LogP contribution in [0.5, 0.6) is 0 Å². The molecule has 2 rings (SSSR count). The number of ether oxygens (including phenoxy) is 1. The van der Waals surface area contributed by atoms with E-state index in [0.717, 1.165) is 5.69 Å². The summed E-state index contributed by atoms with van der Waals surface area (Å²) in [7, 11) is 0. The van der Waals surface area contributed by atoms with E-state index in [1.54, 1.807) is 19.1 Å². The second-order valence-corrected chi connectivity index (χ2v) is 4.20. The largest absolute Gasteiger partial charge is 0.461 e. The fraction of sp³-hybridized carbons (Fsp3) is 0.231. The summed E-state index contributed by atoms with van der Waals surface area (Å²) in [6, 6.07) is 5.41. The summed E-state index contributed by atoms with van der Waals surface area (Å²) >= 11 is 4.74. The van der Waals surface area contributed by atoms with E-state index in [1.165, 1.54) is 5.49 Å². The van der Waals surface area contributed by atoms with Gasteiger partial charge in [-0.3, -0.25) is 5.10 Å². The van der Waals surface area contributed by atoms with Crippen LogP contribution < -0.4 is 5.32 Å². The third kappa shape index (κ3) is 2.83. The summed E-state index contributed by atoms with van der Waals surface area (Å²) in [5, 5.41) is 9.62. The van der Waals surface area contributed by atoms with Gasteiger partial charge in [-0.1, -0.05) is 18.3 Å². The van der Waals surface area contributed by atoms with Crippen LogP contribution in [-0.4, -0.2) is 33.2 Å². The fourth-order valence-corrected chi connectivity index (χ4v) is 1.93. The first-order valence-electron chi connectivity index (χ1n) is 6.07. The second-order valence-electron chi connectivity index (χ2n) is 3.96. The molecule has 0 aliphatic carbocycles. The van der Waals surface area contributed by atoms with Crippen LogP contribution in [-0.2, 0) is 4.74 Å². The van der Waals surface area contributed by atoms with Gasteiger partial charge in [-0.15, -0.1) is 0 Å². The van der Waals surface area contributed by atoms with Crippen LogP contribution in [0.4, 0.5) is 5.82 Å². The molecule has 2 aromatic rings. The highest BCUT2D eigenvalue weighted by Crippen LogP contribution is 2.25. The maximum atomic E-state index is 11.9. The van der Waals surface area contributed by atoms with Crippen molar-refractivity contribution in [1.82, 2.24) is 15.2 Å². The van der Waals surface area contributed by atoms with E-state index in [0.29, 0.717) is 23.7 Å². The molecule has 0 fully saturated rings. The SMILES string of the molecule is CCOC(=O)c1n[nH]c(C)c1-c1cccc(NC=S)n1. The van der Waals surface area contributed by atoms with Crippen molar-refractivity contribution in [1.29, 1.82) is 0 Å². The van der Waals surface area contributed by atoms with Crippen molar-refractivity contribution in [2.75, 3.05) is 11.9 Å². The number of hydrogen-bond acceptors (Lipinski definition) is 5. The van der Waals surface area contributed by atoms with Crippen molar-refractivity contribution in [3.05, 3.63) is 29.6 Å². The summed E-state index contributed by atoms with van der Waals surface area (Å²) in [6.07, 6.45) is 0. The van der Waals surface area contributed by atoms with Crippen molar-refractivity contribution in [2.24, 2.45) is 0 Å². The molecule has 0 atom stereocenters. The van der Waals surface area contributed by atoms with Gasteiger partial charge >= 0.3 is 5.97 Å². The van der Waals surface area contributed by atoms with E-state index >= 15 is 0 Å². The van der Waals surface area contributed by atoms with Gasteiger partial charge < -0.3 is 10.1 Å². The lowest BCUT2D eigenvalue weighted by Crippen LogP contribution is -2.07. The number of anilines is 1. The third-order valence-electron chi connectivity index (χ3n) is 2.63. The first-order chi connectivity index (χ1) is 9.67. The number of carbonyl (C=O) groups excluding carboxylic acids is 1. The van der Waals surface area contributed by atoms with Crippen LogP contribution in [0.2, 0.25) is 0 Å². The van der Waals surface area contributed by atoms with Gasteiger partial charge in [0.05, 0.1) is 23.4 Å². The zero-order chi connectivity index (χ0) is 14.5. The monoisotopic (exact) mass is 290 g/mol. The summed E-state index contributed by atoms with van der Waals surface area (Å²) in [5.41, 5.74) is 3.62. The molecule has 20 heavy (non-hydrogen) atoms. The summed E-state index contributed by atoms with van der Waals surface area (Å²) in [6.45, 7) is 3.87. The second kappa shape index (κ2) is 6.25. The van der Waals surface area contributed by atoms with E-state index in [9.17, 15) is 4.79 Å². The summed E-state index contributed by atoms with van der Waals surface area (Å²) < 4.78 is 4.99. The molecule has 6 nitrogen and oxygen atoms in total. The van der Waals surface area contributed by atoms with Crippen LogP contribution in [0.3, 0.4) is 0 Å². The number of nitrogens with one attached hydrogen (secondary N) is 2. The van der Waals surface area contributed by atoms with Crippen molar-refractivity contribution < 1.29 is 9.53 Å². The molecule has 0 spiro atoms.